The van der Waals surface area contributed by atoms with Gasteiger partial charge in [-0.15, -0.1) is 4.40 Å². The number of carbonyl (C=O) groups excluding carboxylic acids is 2. The van der Waals surface area contributed by atoms with Crippen LogP contribution in [-0.4, -0.2) is 44.3 Å². The summed E-state index contributed by atoms with van der Waals surface area (Å²) in [6.07, 6.45) is 1.39. The molecular weight excluding hydrogens is 394 g/mol. The third-order valence-electron chi connectivity index (χ3n) is 4.30. The molecule has 0 aliphatic carbocycles. The monoisotopic (exact) mass is 413 g/mol. The average Bonchev–Trinajstić information content (AvgIpc) is 2.70. The second kappa shape index (κ2) is 7.88. The highest BCUT2D eigenvalue weighted by atomic mass is 32.2. The number of hydrogen-bond donors (Lipinski definition) is 1. The Morgan fingerprint density at radius 1 is 1.10 bits per heavy atom. The van der Waals surface area contributed by atoms with E-state index in [4.69, 9.17) is 4.74 Å². The van der Waals surface area contributed by atoms with Gasteiger partial charge in [-0.05, 0) is 37.3 Å². The Hall–Kier alpha value is -3.46. The first kappa shape index (κ1) is 20.3. The number of likely N-dealkylation sites (N-methyl/N-ethyl adjacent to an activating group) is 1. The summed E-state index contributed by atoms with van der Waals surface area (Å²) in [7, 11) is -1.34. The topological polar surface area (TPSA) is 105 Å². The van der Waals surface area contributed by atoms with Gasteiger partial charge in [-0.2, -0.15) is 8.42 Å². The first-order chi connectivity index (χ1) is 13.7. The number of anilines is 1. The summed E-state index contributed by atoms with van der Waals surface area (Å²) in [4.78, 5) is 24.3. The summed E-state index contributed by atoms with van der Waals surface area (Å²) >= 11 is 0. The van der Waals surface area contributed by atoms with Crippen LogP contribution in [0, 0.1) is 0 Å². The third kappa shape index (κ3) is 4.35. The van der Waals surface area contributed by atoms with Gasteiger partial charge in [0.25, 0.3) is 5.91 Å². The van der Waals surface area contributed by atoms with E-state index in [1.165, 1.54) is 33.2 Å². The maximum absolute atomic E-state index is 12.8. The Morgan fingerprint density at radius 2 is 1.83 bits per heavy atom. The largest absolute Gasteiger partial charge is 0.497 e. The normalized spacial score (nSPS) is 15.2. The molecule has 2 aromatic carbocycles. The predicted octanol–water partition coefficient (Wildman–Crippen LogP) is 2.40. The van der Waals surface area contributed by atoms with E-state index < -0.39 is 16.1 Å². The van der Waals surface area contributed by atoms with Crippen LogP contribution in [0.15, 0.2) is 64.7 Å². The van der Waals surface area contributed by atoms with Crippen LogP contribution >= 0.6 is 0 Å². The maximum Gasteiger partial charge on any atom is 0.345 e. The first-order valence-corrected chi connectivity index (χ1v) is 9.98. The van der Waals surface area contributed by atoms with Gasteiger partial charge in [-0.3, -0.25) is 9.59 Å². The number of Topliss-reactive ketones (excluding diaryl/α,β-unsaturated/α-hetero) is 1. The zero-order valence-corrected chi connectivity index (χ0v) is 16.9. The van der Waals surface area contributed by atoms with Crippen LogP contribution in [0.2, 0.25) is 0 Å². The number of methoxy groups -OCH3 is 1. The van der Waals surface area contributed by atoms with Gasteiger partial charge in [-0.25, -0.2) is 4.31 Å². The van der Waals surface area contributed by atoms with Crippen molar-refractivity contribution in [1.82, 2.24) is 4.31 Å². The summed E-state index contributed by atoms with van der Waals surface area (Å²) in [5, 5.41) is 2.62. The van der Waals surface area contributed by atoms with Crippen molar-refractivity contribution in [1.29, 1.82) is 0 Å². The summed E-state index contributed by atoms with van der Waals surface area (Å²) in [6.45, 7) is 1.42. The number of benzene rings is 2. The van der Waals surface area contributed by atoms with Crippen molar-refractivity contribution in [3.8, 4) is 5.75 Å². The second-order valence-electron chi connectivity index (χ2n) is 6.27. The molecule has 2 aromatic rings. The highest BCUT2D eigenvalue weighted by molar-refractivity contribution is 7.88. The molecule has 0 saturated heterocycles. The summed E-state index contributed by atoms with van der Waals surface area (Å²) in [5.74, 6) is -0.265. The number of ketones is 1. The number of amides is 1. The minimum atomic E-state index is -4.09. The number of nitrogens with zero attached hydrogens (tertiary/aromatic N) is 2. The fourth-order valence-corrected chi connectivity index (χ4v) is 3.61. The fraction of sp³-hybridized carbons (Fsp3) is 0.150. The van der Waals surface area contributed by atoms with Crippen molar-refractivity contribution in [3.63, 3.8) is 0 Å². The third-order valence-corrected chi connectivity index (χ3v) is 5.61. The minimum Gasteiger partial charge on any atom is -0.497 e. The second-order valence-corrected chi connectivity index (χ2v) is 7.90. The quantitative estimate of drug-likeness (QED) is 0.758. The number of carbonyl (C=O) groups is 2. The van der Waals surface area contributed by atoms with Crippen molar-refractivity contribution in [3.05, 3.63) is 71.4 Å². The first-order valence-electron chi connectivity index (χ1n) is 8.58. The molecule has 1 aliphatic heterocycles. The molecule has 1 aliphatic rings. The van der Waals surface area contributed by atoms with Gasteiger partial charge >= 0.3 is 10.2 Å². The number of nitrogens with one attached hydrogen (secondary N) is 1. The van der Waals surface area contributed by atoms with Crippen LogP contribution in [0.1, 0.15) is 22.8 Å². The highest BCUT2D eigenvalue weighted by Crippen LogP contribution is 2.23. The van der Waals surface area contributed by atoms with Crippen LogP contribution in [-0.2, 0) is 15.0 Å². The van der Waals surface area contributed by atoms with E-state index in [0.717, 1.165) is 4.31 Å². The van der Waals surface area contributed by atoms with E-state index in [1.54, 1.807) is 42.5 Å². The van der Waals surface area contributed by atoms with E-state index in [-0.39, 0.29) is 17.2 Å². The van der Waals surface area contributed by atoms with Crippen LogP contribution in [0.25, 0.3) is 0 Å². The molecule has 0 bridgehead atoms. The Labute approximate surface area is 168 Å². The molecule has 1 amide bonds. The molecule has 150 valence electrons. The van der Waals surface area contributed by atoms with E-state index in [0.29, 0.717) is 22.6 Å². The molecule has 8 nitrogen and oxygen atoms in total. The molecule has 0 saturated carbocycles. The lowest BCUT2D eigenvalue weighted by atomic mass is 10.1. The molecular formula is C20H19N3O5S. The van der Waals surface area contributed by atoms with E-state index in [2.05, 4.69) is 9.71 Å². The molecule has 0 aromatic heterocycles. The van der Waals surface area contributed by atoms with Crippen LogP contribution < -0.4 is 10.1 Å². The van der Waals surface area contributed by atoms with E-state index >= 15 is 0 Å². The Bertz CT molecular complexity index is 1150. The Kier molecular flexibility index (Phi) is 5.51. The molecule has 1 heterocycles. The Balaban J connectivity index is 1.97. The van der Waals surface area contributed by atoms with Crippen molar-refractivity contribution < 1.29 is 22.7 Å². The van der Waals surface area contributed by atoms with Gasteiger partial charge in [0.05, 0.1) is 12.8 Å². The number of hydrogen-bond acceptors (Lipinski definition) is 5. The smallest absolute Gasteiger partial charge is 0.345 e. The molecule has 0 spiro atoms. The van der Waals surface area contributed by atoms with Gasteiger partial charge in [-0.1, -0.05) is 24.3 Å². The van der Waals surface area contributed by atoms with Crippen molar-refractivity contribution in [2.24, 2.45) is 4.40 Å². The van der Waals surface area contributed by atoms with Crippen LogP contribution in [0.5, 0.6) is 5.75 Å². The lowest BCUT2D eigenvalue weighted by Gasteiger charge is -2.23. The predicted molar refractivity (Wildman–Crippen MR) is 109 cm³/mol. The van der Waals surface area contributed by atoms with Gasteiger partial charge in [0.15, 0.2) is 5.78 Å². The van der Waals surface area contributed by atoms with Gasteiger partial charge in [0.1, 0.15) is 11.4 Å². The van der Waals surface area contributed by atoms with Crippen molar-refractivity contribution >= 4 is 33.3 Å². The summed E-state index contributed by atoms with van der Waals surface area (Å²) in [6, 6.07) is 13.1. The van der Waals surface area contributed by atoms with Gasteiger partial charge < -0.3 is 10.1 Å². The molecule has 0 unspecified atom stereocenters. The van der Waals surface area contributed by atoms with Crippen LogP contribution in [0.3, 0.4) is 0 Å². The highest BCUT2D eigenvalue weighted by Gasteiger charge is 2.30. The Morgan fingerprint density at radius 3 is 2.52 bits per heavy atom. The molecule has 0 fully saturated rings. The standard InChI is InChI=1S/C20H19N3O5S/c1-13(24)14-6-4-8-16(10-14)21-20(25)19-12-18(22-29(26,27)23(19)2)15-7-5-9-17(11-15)28-3/h4-12H,1-3H3,(H,21,25). The van der Waals surface area contributed by atoms with E-state index in [1.807, 2.05) is 0 Å². The maximum atomic E-state index is 12.8. The zero-order valence-electron chi connectivity index (χ0n) is 16.0. The zero-order chi connectivity index (χ0) is 21.2. The summed E-state index contributed by atoms with van der Waals surface area (Å²) in [5.41, 5.74) is 1.31. The van der Waals surface area contributed by atoms with Crippen molar-refractivity contribution in [2.45, 2.75) is 6.92 Å². The molecule has 1 N–H and O–H groups in total. The van der Waals surface area contributed by atoms with Crippen LogP contribution in [0.4, 0.5) is 5.69 Å². The number of allylic oxidation sites excluding steroid dienone is 1. The SMILES string of the molecule is COc1cccc(C2=NS(=O)(=O)N(C)C(C(=O)Nc3cccc(C(C)=O)c3)=C2)c1. The molecule has 9 heteroatoms. The lowest BCUT2D eigenvalue weighted by molar-refractivity contribution is -0.113. The molecule has 0 atom stereocenters. The minimum absolute atomic E-state index is 0.106. The number of rotatable bonds is 5. The lowest BCUT2D eigenvalue weighted by Crippen LogP contribution is -2.35. The van der Waals surface area contributed by atoms with Crippen molar-refractivity contribution in [2.75, 3.05) is 19.5 Å². The van der Waals surface area contributed by atoms with Gasteiger partial charge in [0, 0.05) is 23.9 Å². The van der Waals surface area contributed by atoms with E-state index in [9.17, 15) is 18.0 Å². The molecule has 0 radical (unpaired) electrons. The fourth-order valence-electron chi connectivity index (χ4n) is 2.69. The average molecular weight is 413 g/mol. The molecule has 29 heavy (non-hydrogen) atoms. The molecule has 3 rings (SSSR count). The summed E-state index contributed by atoms with van der Waals surface area (Å²) < 4.78 is 34.7. The number of ether oxygens (including phenoxy) is 1. The van der Waals surface area contributed by atoms with Gasteiger partial charge in [0.2, 0.25) is 0 Å².